The van der Waals surface area contributed by atoms with Gasteiger partial charge in [-0.05, 0) is 67.4 Å². The minimum atomic E-state index is -4.43. The number of nitrogens with zero attached hydrogens (tertiary/aromatic N) is 3. The Hall–Kier alpha value is -3.22. The molecule has 0 radical (unpaired) electrons. The first-order valence-corrected chi connectivity index (χ1v) is 17.1. The molecular formula is C31H28Cl2F3N5O3S2. The minimum Gasteiger partial charge on any atom is -0.312 e. The van der Waals surface area contributed by atoms with Gasteiger partial charge in [-0.2, -0.15) is 18.3 Å². The number of hydrogen-bond acceptors (Lipinski definition) is 6. The molecule has 1 saturated heterocycles. The van der Waals surface area contributed by atoms with Gasteiger partial charge in [0.2, 0.25) is 0 Å². The third-order valence-corrected chi connectivity index (χ3v) is 9.19. The largest absolute Gasteiger partial charge is 0.416 e. The predicted octanol–water partition coefficient (Wildman–Crippen LogP) is 6.77. The van der Waals surface area contributed by atoms with Crippen molar-refractivity contribution in [2.75, 3.05) is 25.4 Å². The Morgan fingerprint density at radius 1 is 1.04 bits per heavy atom. The van der Waals surface area contributed by atoms with Crippen LogP contribution in [0.4, 0.5) is 13.2 Å². The Kier molecular flexibility index (Phi) is 11.2. The number of hydrogen-bond donors (Lipinski definition) is 3. The summed E-state index contributed by atoms with van der Waals surface area (Å²) in [7, 11) is 0. The summed E-state index contributed by atoms with van der Waals surface area (Å²) in [5, 5.41) is 10.5. The number of aromatic nitrogens is 2. The first kappa shape index (κ1) is 34.1. The topological polar surface area (TPSA) is 99.5 Å². The van der Waals surface area contributed by atoms with Crippen LogP contribution < -0.4 is 10.7 Å². The lowest BCUT2D eigenvalue weighted by Gasteiger charge is -2.26. The Labute approximate surface area is 280 Å². The average molecular weight is 711 g/mol. The number of nitrogens with one attached hydrogen (secondary N) is 2. The normalized spacial score (nSPS) is 14.5. The van der Waals surface area contributed by atoms with Crippen molar-refractivity contribution in [1.29, 1.82) is 0 Å². The van der Waals surface area contributed by atoms with Crippen LogP contribution in [0.1, 0.15) is 51.3 Å². The van der Waals surface area contributed by atoms with Crippen molar-refractivity contribution in [1.82, 2.24) is 25.5 Å². The molecule has 1 fully saturated rings. The number of carbonyl (C=O) groups excluding carboxylic acids is 1. The Morgan fingerprint density at radius 2 is 1.78 bits per heavy atom. The smallest absolute Gasteiger partial charge is 0.312 e. The molecule has 242 valence electrons. The molecule has 3 heterocycles. The maximum absolute atomic E-state index is 13.7. The molecule has 2 aromatic carbocycles. The van der Waals surface area contributed by atoms with E-state index < -0.39 is 28.7 Å². The fourth-order valence-corrected chi connectivity index (χ4v) is 6.59. The number of piperidine rings is 1. The number of benzene rings is 2. The standard InChI is InChI=1S/C31H28Cl2F3N5O3S2/c32-22-9-12-26(25(33)18-22)41-29(27-13-11-23(45-27)10-6-20-4-7-21(8-5-20)31(34,35)36)24(19-37-14-17-46(43)44)28(38-41)30(42)39-40-15-2-1-3-16-40/h4-5,7-9,11-13,18,37H,1-3,14-17,19H2,(H,39,42)(H,43,44). The van der Waals surface area contributed by atoms with E-state index in [0.717, 1.165) is 31.4 Å². The summed E-state index contributed by atoms with van der Waals surface area (Å²) in [5.41, 5.74) is 4.35. The van der Waals surface area contributed by atoms with Gasteiger partial charge in [0.05, 0.1) is 37.5 Å². The van der Waals surface area contributed by atoms with Gasteiger partial charge in [-0.1, -0.05) is 41.5 Å². The zero-order valence-electron chi connectivity index (χ0n) is 24.2. The zero-order chi connectivity index (χ0) is 32.8. The Balaban J connectivity index is 1.56. The second-order valence-corrected chi connectivity index (χ2v) is 13.3. The summed E-state index contributed by atoms with van der Waals surface area (Å²) >= 11 is 12.1. The molecule has 4 aromatic rings. The number of thiophene rings is 1. The van der Waals surface area contributed by atoms with Crippen molar-refractivity contribution in [3.63, 3.8) is 0 Å². The summed E-state index contributed by atoms with van der Waals surface area (Å²) in [5.74, 6) is 5.49. The Morgan fingerprint density at radius 3 is 2.46 bits per heavy atom. The van der Waals surface area contributed by atoms with Crippen LogP contribution in [0.25, 0.3) is 16.3 Å². The predicted molar refractivity (Wildman–Crippen MR) is 175 cm³/mol. The van der Waals surface area contributed by atoms with Crippen molar-refractivity contribution < 1.29 is 26.7 Å². The van der Waals surface area contributed by atoms with E-state index in [1.165, 1.54) is 23.5 Å². The average Bonchev–Trinajstić information content (AvgIpc) is 3.63. The first-order chi connectivity index (χ1) is 22.0. The van der Waals surface area contributed by atoms with Crippen LogP contribution in [0.2, 0.25) is 10.0 Å². The third-order valence-electron chi connectivity index (χ3n) is 7.09. The highest BCUT2D eigenvalue weighted by Crippen LogP contribution is 2.37. The molecule has 0 aliphatic carbocycles. The van der Waals surface area contributed by atoms with Gasteiger partial charge in [0.1, 0.15) is 0 Å². The van der Waals surface area contributed by atoms with Crippen molar-refractivity contribution in [2.45, 2.75) is 32.0 Å². The maximum Gasteiger partial charge on any atom is 0.416 e. The van der Waals surface area contributed by atoms with E-state index in [0.29, 0.717) is 55.4 Å². The summed E-state index contributed by atoms with van der Waals surface area (Å²) in [6.07, 6.45) is -1.43. The molecule has 8 nitrogen and oxygen atoms in total. The lowest BCUT2D eigenvalue weighted by atomic mass is 10.1. The second kappa shape index (κ2) is 15.1. The molecule has 0 spiro atoms. The van der Waals surface area contributed by atoms with Crippen LogP contribution in [-0.4, -0.2) is 54.8 Å². The lowest BCUT2D eigenvalue weighted by Crippen LogP contribution is -2.45. The molecule has 1 aliphatic rings. The molecule has 46 heavy (non-hydrogen) atoms. The SMILES string of the molecule is O=C(NN1CCCCC1)c1nn(-c2ccc(Cl)cc2Cl)c(-c2ccc(C#Cc3ccc(C(F)(F)F)cc3)s2)c1CNCCS(=O)O. The van der Waals surface area contributed by atoms with Gasteiger partial charge in [0, 0.05) is 42.3 Å². The Bertz CT molecular complexity index is 1790. The van der Waals surface area contributed by atoms with E-state index >= 15 is 0 Å². The fraction of sp³-hybridized carbons (Fsp3) is 0.290. The molecule has 5 rings (SSSR count). The molecule has 1 amide bonds. The monoisotopic (exact) mass is 709 g/mol. The fourth-order valence-electron chi connectivity index (χ4n) is 4.86. The third kappa shape index (κ3) is 8.57. The van der Waals surface area contributed by atoms with E-state index in [2.05, 4.69) is 22.6 Å². The number of amides is 1. The molecule has 1 atom stereocenters. The number of carbonyl (C=O) groups is 1. The van der Waals surface area contributed by atoms with Crippen molar-refractivity contribution >= 4 is 51.5 Å². The van der Waals surface area contributed by atoms with Gasteiger partial charge in [0.25, 0.3) is 5.91 Å². The molecule has 1 aliphatic heterocycles. The maximum atomic E-state index is 13.7. The summed E-state index contributed by atoms with van der Waals surface area (Å²) in [6.45, 7) is 1.77. The number of halogens is 5. The molecule has 0 saturated carbocycles. The van der Waals surface area contributed by atoms with Crippen LogP contribution in [0.5, 0.6) is 0 Å². The van der Waals surface area contributed by atoms with Crippen LogP contribution >= 0.6 is 34.5 Å². The molecule has 1 unspecified atom stereocenters. The first-order valence-electron chi connectivity index (χ1n) is 14.2. The van der Waals surface area contributed by atoms with E-state index in [-0.39, 0.29) is 24.5 Å². The van der Waals surface area contributed by atoms with Crippen LogP contribution in [0, 0.1) is 11.8 Å². The molecule has 3 N–H and O–H groups in total. The van der Waals surface area contributed by atoms with E-state index in [9.17, 15) is 26.7 Å². The zero-order valence-corrected chi connectivity index (χ0v) is 27.3. The van der Waals surface area contributed by atoms with Crippen molar-refractivity contribution in [3.8, 4) is 28.1 Å². The lowest BCUT2D eigenvalue weighted by molar-refractivity contribution is -0.137. The van der Waals surface area contributed by atoms with Gasteiger partial charge < -0.3 is 9.87 Å². The summed E-state index contributed by atoms with van der Waals surface area (Å²) < 4.78 is 61.0. The quantitative estimate of drug-likeness (QED) is 0.101. The van der Waals surface area contributed by atoms with Crippen molar-refractivity contribution in [3.05, 3.63) is 91.9 Å². The number of alkyl halides is 3. The highest BCUT2D eigenvalue weighted by Gasteiger charge is 2.30. The molecule has 0 bridgehead atoms. The van der Waals surface area contributed by atoms with Crippen LogP contribution in [0.15, 0.2) is 54.6 Å². The van der Waals surface area contributed by atoms with Gasteiger partial charge in [-0.25, -0.2) is 13.9 Å². The van der Waals surface area contributed by atoms with Gasteiger partial charge in [-0.15, -0.1) is 11.3 Å². The van der Waals surface area contributed by atoms with E-state index in [1.807, 2.05) is 11.1 Å². The number of hydrazine groups is 1. The van der Waals surface area contributed by atoms with Gasteiger partial charge >= 0.3 is 6.18 Å². The summed E-state index contributed by atoms with van der Waals surface area (Å²) in [6, 6.07) is 13.1. The van der Waals surface area contributed by atoms with Gasteiger partial charge in [-0.3, -0.25) is 10.2 Å². The minimum absolute atomic E-state index is 0.00944. The summed E-state index contributed by atoms with van der Waals surface area (Å²) in [4.78, 5) is 15.0. The second-order valence-electron chi connectivity index (χ2n) is 10.4. The van der Waals surface area contributed by atoms with Crippen molar-refractivity contribution in [2.24, 2.45) is 0 Å². The number of rotatable bonds is 9. The van der Waals surface area contributed by atoms with Crippen LogP contribution in [0.3, 0.4) is 0 Å². The van der Waals surface area contributed by atoms with E-state index in [1.54, 1.807) is 28.9 Å². The van der Waals surface area contributed by atoms with Gasteiger partial charge in [0.15, 0.2) is 16.8 Å². The molecule has 2 aromatic heterocycles. The highest BCUT2D eigenvalue weighted by atomic mass is 35.5. The molecule has 15 heteroatoms. The highest BCUT2D eigenvalue weighted by molar-refractivity contribution is 7.79. The van der Waals surface area contributed by atoms with Crippen LogP contribution in [-0.2, 0) is 23.8 Å². The van der Waals surface area contributed by atoms with E-state index in [4.69, 9.17) is 28.3 Å². The molecular weight excluding hydrogens is 682 g/mol.